The first-order valence-electron chi connectivity index (χ1n) is 5.04. The van der Waals surface area contributed by atoms with Crippen LogP contribution < -0.4 is 0 Å². The highest BCUT2D eigenvalue weighted by atomic mass is 16.4. The van der Waals surface area contributed by atoms with E-state index in [1.165, 1.54) is 6.92 Å². The molecule has 0 aromatic heterocycles. The van der Waals surface area contributed by atoms with Gasteiger partial charge in [-0.1, -0.05) is 23.4 Å². The number of nitrogens with zero attached hydrogens (tertiary/aromatic N) is 2. The lowest BCUT2D eigenvalue weighted by Gasteiger charge is -1.95. The van der Waals surface area contributed by atoms with Gasteiger partial charge in [0.25, 0.3) is 0 Å². The summed E-state index contributed by atoms with van der Waals surface area (Å²) in [5, 5.41) is 20.3. The van der Waals surface area contributed by atoms with Crippen LogP contribution in [0.1, 0.15) is 24.5 Å². The standard InChI is InChI=1S/C13H12N2O2/c1-10(16)8-13(15-17)7-6-11-2-4-12(9-14)5-3-11/h2-7,17H,8H2,1H3/b7-6+,15-13+. The molecule has 0 atom stereocenters. The Hall–Kier alpha value is -2.41. The number of allylic oxidation sites excluding steroid dienone is 1. The molecule has 0 fully saturated rings. The van der Waals surface area contributed by atoms with Crippen LogP contribution in [0.4, 0.5) is 0 Å². The molecule has 0 unspecified atom stereocenters. The van der Waals surface area contributed by atoms with Crippen molar-refractivity contribution in [3.63, 3.8) is 0 Å². The minimum absolute atomic E-state index is 0.0673. The maximum atomic E-state index is 10.8. The van der Waals surface area contributed by atoms with Crippen molar-refractivity contribution in [3.8, 4) is 6.07 Å². The minimum Gasteiger partial charge on any atom is -0.411 e. The van der Waals surface area contributed by atoms with E-state index >= 15 is 0 Å². The monoisotopic (exact) mass is 228 g/mol. The summed E-state index contributed by atoms with van der Waals surface area (Å²) in [6.45, 7) is 1.43. The normalized spacial score (nSPS) is 11.4. The van der Waals surface area contributed by atoms with Gasteiger partial charge in [-0.25, -0.2) is 0 Å². The number of hydrogen-bond donors (Lipinski definition) is 1. The van der Waals surface area contributed by atoms with E-state index in [0.717, 1.165) is 5.56 Å². The molecular formula is C13H12N2O2. The smallest absolute Gasteiger partial charge is 0.135 e. The fourth-order valence-corrected chi connectivity index (χ4v) is 1.24. The van der Waals surface area contributed by atoms with Crippen LogP contribution in [0, 0.1) is 11.3 Å². The number of nitriles is 1. The van der Waals surface area contributed by atoms with Gasteiger partial charge in [-0.15, -0.1) is 0 Å². The third kappa shape index (κ3) is 4.31. The molecule has 1 rings (SSSR count). The van der Waals surface area contributed by atoms with E-state index < -0.39 is 0 Å². The van der Waals surface area contributed by atoms with Gasteiger partial charge in [0.2, 0.25) is 0 Å². The number of Topliss-reactive ketones (excluding diaryl/α,β-unsaturated/α-hetero) is 1. The number of hydrogen-bond acceptors (Lipinski definition) is 4. The molecule has 0 spiro atoms. The highest BCUT2D eigenvalue weighted by molar-refractivity contribution is 6.08. The summed E-state index contributed by atoms with van der Waals surface area (Å²) < 4.78 is 0. The van der Waals surface area contributed by atoms with Gasteiger partial charge < -0.3 is 5.21 Å². The molecule has 1 N–H and O–H groups in total. The van der Waals surface area contributed by atoms with Crippen LogP contribution in [0.2, 0.25) is 0 Å². The topological polar surface area (TPSA) is 73.5 Å². The summed E-state index contributed by atoms with van der Waals surface area (Å²) in [5.41, 5.74) is 1.76. The number of ketones is 1. The van der Waals surface area contributed by atoms with Crippen LogP contribution in [0.3, 0.4) is 0 Å². The molecule has 17 heavy (non-hydrogen) atoms. The summed E-state index contributed by atoms with van der Waals surface area (Å²) in [6.07, 6.45) is 3.39. The zero-order chi connectivity index (χ0) is 12.7. The van der Waals surface area contributed by atoms with E-state index in [1.807, 2.05) is 6.07 Å². The third-order valence-corrected chi connectivity index (χ3v) is 2.07. The molecule has 0 amide bonds. The number of benzene rings is 1. The van der Waals surface area contributed by atoms with E-state index in [-0.39, 0.29) is 12.2 Å². The van der Waals surface area contributed by atoms with Crippen LogP contribution >= 0.6 is 0 Å². The van der Waals surface area contributed by atoms with Gasteiger partial charge in [-0.2, -0.15) is 5.26 Å². The molecule has 0 saturated carbocycles. The fraction of sp³-hybridized carbons (Fsp3) is 0.154. The quantitative estimate of drug-likeness (QED) is 0.488. The van der Waals surface area contributed by atoms with Gasteiger partial charge in [0.05, 0.1) is 23.8 Å². The SMILES string of the molecule is CC(=O)CC(/C=C/c1ccc(C#N)cc1)=N/O. The molecule has 4 nitrogen and oxygen atoms in total. The maximum absolute atomic E-state index is 10.8. The van der Waals surface area contributed by atoms with Gasteiger partial charge >= 0.3 is 0 Å². The van der Waals surface area contributed by atoms with Crippen LogP contribution in [-0.2, 0) is 4.79 Å². The zero-order valence-electron chi connectivity index (χ0n) is 9.42. The van der Waals surface area contributed by atoms with E-state index in [9.17, 15) is 4.79 Å². The Kier molecular flexibility index (Phi) is 4.64. The molecule has 1 aromatic carbocycles. The van der Waals surface area contributed by atoms with Gasteiger partial charge in [0.1, 0.15) is 5.78 Å². The number of carbonyl (C=O) groups excluding carboxylic acids is 1. The molecule has 0 bridgehead atoms. The number of carbonyl (C=O) groups is 1. The van der Waals surface area contributed by atoms with Crippen molar-refractivity contribution in [2.75, 3.05) is 0 Å². The molecule has 0 aliphatic carbocycles. The van der Waals surface area contributed by atoms with Crippen LogP contribution in [0.5, 0.6) is 0 Å². The highest BCUT2D eigenvalue weighted by Crippen LogP contribution is 2.06. The lowest BCUT2D eigenvalue weighted by molar-refractivity contribution is -0.115. The predicted octanol–water partition coefficient (Wildman–Crippen LogP) is 2.38. The molecule has 0 radical (unpaired) electrons. The van der Waals surface area contributed by atoms with E-state index in [2.05, 4.69) is 5.16 Å². The van der Waals surface area contributed by atoms with Crippen molar-refractivity contribution in [1.82, 2.24) is 0 Å². The van der Waals surface area contributed by atoms with Gasteiger partial charge in [-0.05, 0) is 30.7 Å². The Labute approximate surface area is 99.5 Å². The Bertz CT molecular complexity index is 493. The maximum Gasteiger partial charge on any atom is 0.135 e. The van der Waals surface area contributed by atoms with Crippen molar-refractivity contribution in [2.45, 2.75) is 13.3 Å². The third-order valence-electron chi connectivity index (χ3n) is 2.07. The Balaban J connectivity index is 2.75. The lowest BCUT2D eigenvalue weighted by Crippen LogP contribution is -2.01. The fourth-order valence-electron chi connectivity index (χ4n) is 1.24. The molecular weight excluding hydrogens is 216 g/mol. The van der Waals surface area contributed by atoms with E-state index in [1.54, 1.807) is 36.4 Å². The zero-order valence-corrected chi connectivity index (χ0v) is 9.42. The molecule has 1 aromatic rings. The second-order valence-corrected chi connectivity index (χ2v) is 3.54. The van der Waals surface area contributed by atoms with Crippen LogP contribution in [0.25, 0.3) is 6.08 Å². The van der Waals surface area contributed by atoms with Crippen molar-refractivity contribution >= 4 is 17.6 Å². The Morgan fingerprint density at radius 3 is 2.59 bits per heavy atom. The molecule has 0 saturated heterocycles. The van der Waals surface area contributed by atoms with Crippen LogP contribution in [0.15, 0.2) is 35.5 Å². The Morgan fingerprint density at radius 1 is 1.47 bits per heavy atom. The highest BCUT2D eigenvalue weighted by Gasteiger charge is 1.99. The Morgan fingerprint density at radius 2 is 2.12 bits per heavy atom. The van der Waals surface area contributed by atoms with Crippen molar-refractivity contribution in [1.29, 1.82) is 5.26 Å². The van der Waals surface area contributed by atoms with Gasteiger partial charge in [-0.3, -0.25) is 4.79 Å². The summed E-state index contributed by atoms with van der Waals surface area (Å²) >= 11 is 0. The van der Waals surface area contributed by atoms with Crippen molar-refractivity contribution < 1.29 is 10.0 Å². The average Bonchev–Trinajstić information content (AvgIpc) is 2.34. The molecule has 86 valence electrons. The van der Waals surface area contributed by atoms with E-state index in [0.29, 0.717) is 11.3 Å². The summed E-state index contributed by atoms with van der Waals surface area (Å²) in [5.74, 6) is -0.0673. The average molecular weight is 228 g/mol. The minimum atomic E-state index is -0.0673. The first-order valence-corrected chi connectivity index (χ1v) is 5.04. The van der Waals surface area contributed by atoms with E-state index in [4.69, 9.17) is 10.5 Å². The lowest BCUT2D eigenvalue weighted by atomic mass is 10.1. The summed E-state index contributed by atoms with van der Waals surface area (Å²) in [6, 6.07) is 8.96. The second-order valence-electron chi connectivity index (χ2n) is 3.54. The largest absolute Gasteiger partial charge is 0.411 e. The molecule has 0 heterocycles. The summed E-state index contributed by atoms with van der Waals surface area (Å²) in [7, 11) is 0. The molecule has 0 aliphatic heterocycles. The number of oxime groups is 1. The molecule has 4 heteroatoms. The first kappa shape index (κ1) is 12.7. The molecule has 0 aliphatic rings. The summed E-state index contributed by atoms with van der Waals surface area (Å²) in [4.78, 5) is 10.8. The van der Waals surface area contributed by atoms with Gasteiger partial charge in [0.15, 0.2) is 0 Å². The van der Waals surface area contributed by atoms with Crippen LogP contribution in [-0.4, -0.2) is 16.7 Å². The van der Waals surface area contributed by atoms with Crippen molar-refractivity contribution in [3.05, 3.63) is 41.5 Å². The van der Waals surface area contributed by atoms with Gasteiger partial charge in [0, 0.05) is 0 Å². The number of rotatable bonds is 4. The first-order chi connectivity index (χ1) is 8.15. The van der Waals surface area contributed by atoms with Crippen molar-refractivity contribution in [2.24, 2.45) is 5.16 Å². The second kappa shape index (κ2) is 6.23. The predicted molar refractivity (Wildman–Crippen MR) is 64.7 cm³/mol.